The zero-order valence-electron chi connectivity index (χ0n) is 16.5. The van der Waals surface area contributed by atoms with E-state index in [-0.39, 0.29) is 5.41 Å². The molecule has 0 unspecified atom stereocenters. The van der Waals surface area contributed by atoms with E-state index in [1.54, 1.807) is 0 Å². The molecule has 0 amide bonds. The van der Waals surface area contributed by atoms with Crippen molar-refractivity contribution >= 4 is 0 Å². The van der Waals surface area contributed by atoms with Gasteiger partial charge in [0, 0.05) is 55.2 Å². The third kappa shape index (κ3) is 5.31. The minimum atomic E-state index is 0.0991. The highest BCUT2D eigenvalue weighted by Crippen LogP contribution is 2.26. The minimum absolute atomic E-state index is 0.0991. The minimum Gasteiger partial charge on any atom is -0.337 e. The van der Waals surface area contributed by atoms with Gasteiger partial charge in [-0.1, -0.05) is 32.9 Å². The lowest BCUT2D eigenvalue weighted by Crippen LogP contribution is -2.32. The van der Waals surface area contributed by atoms with Crippen molar-refractivity contribution in [1.82, 2.24) is 24.6 Å². The second kappa shape index (κ2) is 8.67. The summed E-state index contributed by atoms with van der Waals surface area (Å²) < 4.78 is 2.17. The molecule has 2 aromatic rings. The fourth-order valence-corrected chi connectivity index (χ4v) is 3.84. The summed E-state index contributed by atoms with van der Waals surface area (Å²) in [6.45, 7) is 11.0. The third-order valence-electron chi connectivity index (χ3n) is 5.21. The molecule has 1 atom stereocenters. The highest BCUT2D eigenvalue weighted by atomic mass is 15.2. The van der Waals surface area contributed by atoms with Crippen LogP contribution in [-0.2, 0) is 18.5 Å². The van der Waals surface area contributed by atoms with Crippen LogP contribution in [0.4, 0.5) is 0 Å². The average Bonchev–Trinajstić information content (AvgIpc) is 3.27. The largest absolute Gasteiger partial charge is 0.337 e. The van der Waals surface area contributed by atoms with Crippen molar-refractivity contribution < 1.29 is 0 Å². The highest BCUT2D eigenvalue weighted by Gasteiger charge is 2.22. The Morgan fingerprint density at radius 1 is 1.31 bits per heavy atom. The summed E-state index contributed by atoms with van der Waals surface area (Å²) in [5, 5.41) is 7.57. The van der Waals surface area contributed by atoms with Crippen LogP contribution >= 0.6 is 0 Å². The fraction of sp³-hybridized carbons (Fsp3) is 0.619. The SMILES string of the molecule is CC(C)(C)c1[nH]ncc1CN(CCCn1ccnc1)C[C@@H]1CC=CCC1. The van der Waals surface area contributed by atoms with Gasteiger partial charge in [0.05, 0.1) is 12.5 Å². The molecule has 2 heterocycles. The molecule has 5 heteroatoms. The first-order valence-electron chi connectivity index (χ1n) is 9.88. The van der Waals surface area contributed by atoms with Crippen LogP contribution in [0, 0.1) is 5.92 Å². The summed E-state index contributed by atoms with van der Waals surface area (Å²) in [4.78, 5) is 6.77. The summed E-state index contributed by atoms with van der Waals surface area (Å²) in [5.74, 6) is 0.776. The predicted molar refractivity (Wildman–Crippen MR) is 106 cm³/mol. The lowest BCUT2D eigenvalue weighted by Gasteiger charge is -2.29. The van der Waals surface area contributed by atoms with Crippen molar-refractivity contribution in [1.29, 1.82) is 0 Å². The lowest BCUT2D eigenvalue weighted by atomic mass is 9.89. The quantitative estimate of drug-likeness (QED) is 0.724. The molecule has 0 aliphatic heterocycles. The van der Waals surface area contributed by atoms with E-state index < -0.39 is 0 Å². The number of aryl methyl sites for hydroxylation is 1. The van der Waals surface area contributed by atoms with E-state index in [4.69, 9.17) is 0 Å². The van der Waals surface area contributed by atoms with E-state index in [9.17, 15) is 0 Å². The Kier molecular flexibility index (Phi) is 6.30. The number of imidazole rings is 1. The van der Waals surface area contributed by atoms with Gasteiger partial charge in [-0.2, -0.15) is 5.10 Å². The molecule has 142 valence electrons. The number of nitrogens with zero attached hydrogens (tertiary/aromatic N) is 4. The molecule has 2 aromatic heterocycles. The van der Waals surface area contributed by atoms with Crippen molar-refractivity contribution in [2.45, 2.75) is 65.0 Å². The molecule has 0 spiro atoms. The first-order chi connectivity index (χ1) is 12.5. The second-order valence-electron chi connectivity index (χ2n) is 8.56. The van der Waals surface area contributed by atoms with Crippen LogP contribution in [0.5, 0.6) is 0 Å². The number of nitrogens with one attached hydrogen (secondary N) is 1. The zero-order valence-corrected chi connectivity index (χ0v) is 16.5. The van der Waals surface area contributed by atoms with E-state index in [0.717, 1.165) is 32.0 Å². The molecular formula is C21H33N5. The molecule has 0 fully saturated rings. The van der Waals surface area contributed by atoms with Crippen LogP contribution in [0.3, 0.4) is 0 Å². The maximum atomic E-state index is 4.33. The zero-order chi connectivity index (χ0) is 18.4. The van der Waals surface area contributed by atoms with Gasteiger partial charge >= 0.3 is 0 Å². The molecule has 26 heavy (non-hydrogen) atoms. The normalized spacial score (nSPS) is 17.9. The first kappa shape index (κ1) is 18.9. The van der Waals surface area contributed by atoms with Crippen molar-refractivity contribution in [2.75, 3.05) is 13.1 Å². The smallest absolute Gasteiger partial charge is 0.0945 e. The van der Waals surface area contributed by atoms with Crippen LogP contribution in [0.25, 0.3) is 0 Å². The van der Waals surface area contributed by atoms with E-state index >= 15 is 0 Å². The number of rotatable bonds is 8. The van der Waals surface area contributed by atoms with Gasteiger partial charge in [0.2, 0.25) is 0 Å². The number of hydrogen-bond acceptors (Lipinski definition) is 3. The van der Waals surface area contributed by atoms with Gasteiger partial charge in [0.1, 0.15) is 0 Å². The molecule has 1 N–H and O–H groups in total. The Labute approximate surface area is 157 Å². The van der Waals surface area contributed by atoms with E-state index in [0.29, 0.717) is 0 Å². The molecule has 1 aliphatic carbocycles. The van der Waals surface area contributed by atoms with Crippen molar-refractivity contribution in [3.05, 3.63) is 48.3 Å². The Balaban J connectivity index is 1.63. The van der Waals surface area contributed by atoms with E-state index in [2.05, 4.69) is 57.6 Å². The first-order valence-corrected chi connectivity index (χ1v) is 9.88. The summed E-state index contributed by atoms with van der Waals surface area (Å²) in [6, 6.07) is 0. The summed E-state index contributed by atoms with van der Waals surface area (Å²) in [7, 11) is 0. The third-order valence-corrected chi connectivity index (χ3v) is 5.21. The molecule has 0 aromatic carbocycles. The maximum absolute atomic E-state index is 4.33. The Morgan fingerprint density at radius 2 is 2.19 bits per heavy atom. The maximum Gasteiger partial charge on any atom is 0.0945 e. The summed E-state index contributed by atoms with van der Waals surface area (Å²) in [5.41, 5.74) is 2.70. The molecule has 0 saturated carbocycles. The molecule has 0 radical (unpaired) electrons. The molecular weight excluding hydrogens is 322 g/mol. The van der Waals surface area contributed by atoms with Crippen LogP contribution < -0.4 is 0 Å². The highest BCUT2D eigenvalue weighted by molar-refractivity contribution is 5.23. The number of hydrogen-bond donors (Lipinski definition) is 1. The predicted octanol–water partition coefficient (Wildman–Crippen LogP) is 4.15. The Hall–Kier alpha value is -1.88. The summed E-state index contributed by atoms with van der Waals surface area (Å²) >= 11 is 0. The number of aromatic amines is 1. The van der Waals surface area contributed by atoms with Crippen LogP contribution in [0.2, 0.25) is 0 Å². The van der Waals surface area contributed by atoms with E-state index in [1.807, 2.05) is 24.9 Å². The number of H-pyrrole nitrogens is 1. The van der Waals surface area contributed by atoms with Gasteiger partial charge < -0.3 is 4.57 Å². The topological polar surface area (TPSA) is 49.7 Å². The number of aromatic nitrogens is 4. The summed E-state index contributed by atoms with van der Waals surface area (Å²) in [6.07, 6.45) is 17.4. The molecule has 1 aliphatic rings. The van der Waals surface area contributed by atoms with Gasteiger partial charge in [0.15, 0.2) is 0 Å². The molecule has 0 saturated heterocycles. The monoisotopic (exact) mass is 355 g/mol. The molecule has 5 nitrogen and oxygen atoms in total. The van der Waals surface area contributed by atoms with Gasteiger partial charge in [0.25, 0.3) is 0 Å². The average molecular weight is 356 g/mol. The van der Waals surface area contributed by atoms with Crippen LogP contribution in [0.15, 0.2) is 37.1 Å². The molecule has 3 rings (SSSR count). The lowest BCUT2D eigenvalue weighted by molar-refractivity contribution is 0.208. The van der Waals surface area contributed by atoms with Gasteiger partial charge in [-0.25, -0.2) is 4.98 Å². The van der Waals surface area contributed by atoms with Gasteiger partial charge in [-0.05, 0) is 31.6 Å². The van der Waals surface area contributed by atoms with Crippen LogP contribution in [-0.4, -0.2) is 37.7 Å². The Morgan fingerprint density at radius 3 is 2.88 bits per heavy atom. The van der Waals surface area contributed by atoms with Crippen molar-refractivity contribution in [3.8, 4) is 0 Å². The van der Waals surface area contributed by atoms with Crippen LogP contribution in [0.1, 0.15) is 57.7 Å². The molecule has 0 bridgehead atoms. The Bertz CT molecular complexity index is 678. The standard InChI is InChI=1S/C21H33N5/c1-21(2,3)20-19(14-23-24-20)16-26(15-18-8-5-4-6-9-18)12-7-11-25-13-10-22-17-25/h4-5,10,13-14,17-18H,6-9,11-12,15-16H2,1-3H3,(H,23,24)/t18-/m1/s1. The van der Waals surface area contributed by atoms with Gasteiger partial charge in [-0.15, -0.1) is 0 Å². The number of allylic oxidation sites excluding steroid dienone is 2. The fourth-order valence-electron chi connectivity index (χ4n) is 3.84. The van der Waals surface area contributed by atoms with Crippen molar-refractivity contribution in [2.24, 2.45) is 5.92 Å². The van der Waals surface area contributed by atoms with Crippen molar-refractivity contribution in [3.63, 3.8) is 0 Å². The van der Waals surface area contributed by atoms with Gasteiger partial charge in [-0.3, -0.25) is 10.00 Å². The second-order valence-corrected chi connectivity index (χ2v) is 8.56. The van der Waals surface area contributed by atoms with E-state index in [1.165, 1.54) is 37.1 Å².